The number of carbonyl (C=O) groups is 2. The number of hydrogen-bond acceptors (Lipinski definition) is 5. The van der Waals surface area contributed by atoms with Crippen molar-refractivity contribution in [1.29, 1.82) is 0 Å². The predicted octanol–water partition coefficient (Wildman–Crippen LogP) is -0.260. The first-order valence-corrected chi connectivity index (χ1v) is 6.89. The normalized spacial score (nSPS) is 20.0. The van der Waals surface area contributed by atoms with E-state index in [9.17, 15) is 9.59 Å². The number of carbonyl (C=O) groups excluding carboxylic acids is 2. The minimum Gasteiger partial charge on any atom is -0.469 e. The first kappa shape index (κ1) is 15.9. The lowest BCUT2D eigenvalue weighted by Gasteiger charge is -2.31. The molecule has 0 bridgehead atoms. The first-order valence-electron chi connectivity index (χ1n) is 6.89. The number of hydrogen-bond donors (Lipinski definition) is 2. The largest absolute Gasteiger partial charge is 0.469 e. The van der Waals surface area contributed by atoms with Crippen molar-refractivity contribution in [2.75, 3.05) is 40.3 Å². The fourth-order valence-electron chi connectivity index (χ4n) is 2.26. The Morgan fingerprint density at radius 1 is 1.42 bits per heavy atom. The van der Waals surface area contributed by atoms with E-state index in [1.807, 2.05) is 7.05 Å². The summed E-state index contributed by atoms with van der Waals surface area (Å²) in [7, 11) is 3.33. The maximum atomic E-state index is 11.7. The maximum absolute atomic E-state index is 11.7. The molecule has 1 unspecified atom stereocenters. The molecular formula is C13H25N3O3. The molecule has 1 fully saturated rings. The zero-order valence-electron chi connectivity index (χ0n) is 11.9. The minimum absolute atomic E-state index is 0.0293. The van der Waals surface area contributed by atoms with E-state index in [-0.39, 0.29) is 11.9 Å². The van der Waals surface area contributed by atoms with E-state index in [0.29, 0.717) is 32.0 Å². The Balaban J connectivity index is 2.11. The topological polar surface area (TPSA) is 70.7 Å². The Kier molecular flexibility index (Phi) is 7.43. The van der Waals surface area contributed by atoms with E-state index >= 15 is 0 Å². The average Bonchev–Trinajstić information content (AvgIpc) is 2.43. The van der Waals surface area contributed by atoms with Crippen LogP contribution < -0.4 is 10.6 Å². The van der Waals surface area contributed by atoms with Gasteiger partial charge in [0, 0.05) is 25.6 Å². The number of piperidine rings is 1. The SMILES string of the molecule is CNC1CCCN(CC(=O)NCCCC(=O)OC)C1. The van der Waals surface area contributed by atoms with Gasteiger partial charge in [-0.15, -0.1) is 0 Å². The smallest absolute Gasteiger partial charge is 0.305 e. The van der Waals surface area contributed by atoms with Gasteiger partial charge in [-0.05, 0) is 32.9 Å². The number of amides is 1. The summed E-state index contributed by atoms with van der Waals surface area (Å²) >= 11 is 0. The molecular weight excluding hydrogens is 246 g/mol. The number of nitrogens with zero attached hydrogens (tertiary/aromatic N) is 1. The summed E-state index contributed by atoms with van der Waals surface area (Å²) in [5, 5.41) is 6.09. The fraction of sp³-hybridized carbons (Fsp3) is 0.846. The van der Waals surface area contributed by atoms with Gasteiger partial charge < -0.3 is 15.4 Å². The van der Waals surface area contributed by atoms with Crippen LogP contribution in [0.3, 0.4) is 0 Å². The van der Waals surface area contributed by atoms with Crippen molar-refractivity contribution in [2.24, 2.45) is 0 Å². The van der Waals surface area contributed by atoms with Gasteiger partial charge in [-0.3, -0.25) is 14.5 Å². The second-order valence-electron chi connectivity index (χ2n) is 4.89. The highest BCUT2D eigenvalue weighted by molar-refractivity contribution is 5.78. The monoisotopic (exact) mass is 271 g/mol. The van der Waals surface area contributed by atoms with Crippen LogP contribution in [0.1, 0.15) is 25.7 Å². The molecule has 0 spiro atoms. The molecule has 0 saturated carbocycles. The van der Waals surface area contributed by atoms with Gasteiger partial charge in [-0.2, -0.15) is 0 Å². The lowest BCUT2D eigenvalue weighted by Crippen LogP contribution is -2.48. The van der Waals surface area contributed by atoms with Gasteiger partial charge in [0.15, 0.2) is 0 Å². The van der Waals surface area contributed by atoms with Gasteiger partial charge in [0.25, 0.3) is 0 Å². The summed E-state index contributed by atoms with van der Waals surface area (Å²) in [6, 6.07) is 0.487. The number of rotatable bonds is 7. The number of likely N-dealkylation sites (N-methyl/N-ethyl adjacent to an activating group) is 1. The Bertz CT molecular complexity index is 297. The number of nitrogens with one attached hydrogen (secondary N) is 2. The average molecular weight is 271 g/mol. The van der Waals surface area contributed by atoms with Crippen molar-refractivity contribution in [3.05, 3.63) is 0 Å². The Hall–Kier alpha value is -1.14. The molecule has 0 aromatic heterocycles. The lowest BCUT2D eigenvalue weighted by molar-refractivity contribution is -0.140. The van der Waals surface area contributed by atoms with Gasteiger partial charge in [-0.1, -0.05) is 0 Å². The van der Waals surface area contributed by atoms with Crippen molar-refractivity contribution in [1.82, 2.24) is 15.5 Å². The third-order valence-electron chi connectivity index (χ3n) is 3.39. The summed E-state index contributed by atoms with van der Waals surface area (Å²) in [6.45, 7) is 2.87. The van der Waals surface area contributed by atoms with Crippen molar-refractivity contribution < 1.29 is 14.3 Å². The molecule has 0 radical (unpaired) electrons. The Morgan fingerprint density at radius 3 is 2.89 bits per heavy atom. The highest BCUT2D eigenvalue weighted by Gasteiger charge is 2.19. The molecule has 0 aromatic carbocycles. The second-order valence-corrected chi connectivity index (χ2v) is 4.89. The number of esters is 1. The molecule has 1 aliphatic heterocycles. The molecule has 2 N–H and O–H groups in total. The second kappa shape index (κ2) is 8.87. The first-order chi connectivity index (χ1) is 9.15. The van der Waals surface area contributed by atoms with E-state index in [0.717, 1.165) is 19.5 Å². The Labute approximate surface area is 114 Å². The van der Waals surface area contributed by atoms with Crippen molar-refractivity contribution in [3.63, 3.8) is 0 Å². The van der Waals surface area contributed by atoms with Crippen LogP contribution in [0.4, 0.5) is 0 Å². The standard InChI is InChI=1S/C13H25N3O3/c1-14-11-5-4-8-16(9-11)10-12(17)15-7-3-6-13(18)19-2/h11,14H,3-10H2,1-2H3,(H,15,17). The van der Waals surface area contributed by atoms with Gasteiger partial charge in [-0.25, -0.2) is 0 Å². The number of likely N-dealkylation sites (tertiary alicyclic amines) is 1. The molecule has 1 saturated heterocycles. The minimum atomic E-state index is -0.234. The maximum Gasteiger partial charge on any atom is 0.305 e. The highest BCUT2D eigenvalue weighted by Crippen LogP contribution is 2.08. The van der Waals surface area contributed by atoms with E-state index in [1.54, 1.807) is 0 Å². The van der Waals surface area contributed by atoms with Crippen LogP contribution >= 0.6 is 0 Å². The van der Waals surface area contributed by atoms with Crippen molar-refractivity contribution in [3.8, 4) is 0 Å². The van der Waals surface area contributed by atoms with Gasteiger partial charge in [0.2, 0.25) is 5.91 Å². The zero-order chi connectivity index (χ0) is 14.1. The lowest BCUT2D eigenvalue weighted by atomic mass is 10.1. The van der Waals surface area contributed by atoms with Crippen LogP contribution in [0.25, 0.3) is 0 Å². The summed E-state index contributed by atoms with van der Waals surface area (Å²) in [4.78, 5) is 24.8. The van der Waals surface area contributed by atoms with Gasteiger partial charge in [0.05, 0.1) is 13.7 Å². The molecule has 1 aliphatic rings. The van der Waals surface area contributed by atoms with Crippen LogP contribution in [0.2, 0.25) is 0 Å². The van der Waals surface area contributed by atoms with Crippen LogP contribution in [0, 0.1) is 0 Å². The molecule has 1 heterocycles. The summed E-state index contributed by atoms with van der Waals surface area (Å²) in [6.07, 6.45) is 3.27. The Morgan fingerprint density at radius 2 is 2.21 bits per heavy atom. The van der Waals surface area contributed by atoms with E-state index < -0.39 is 0 Å². The number of methoxy groups -OCH3 is 1. The summed E-state index contributed by atoms with van der Waals surface area (Å²) in [5.41, 5.74) is 0. The molecule has 110 valence electrons. The van der Waals surface area contributed by atoms with Crippen molar-refractivity contribution >= 4 is 11.9 Å². The molecule has 1 atom stereocenters. The fourth-order valence-corrected chi connectivity index (χ4v) is 2.26. The van der Waals surface area contributed by atoms with E-state index in [1.165, 1.54) is 13.5 Å². The quantitative estimate of drug-likeness (QED) is 0.493. The third-order valence-corrected chi connectivity index (χ3v) is 3.39. The van der Waals surface area contributed by atoms with Gasteiger partial charge in [0.1, 0.15) is 0 Å². The predicted molar refractivity (Wildman–Crippen MR) is 72.8 cm³/mol. The third kappa shape index (κ3) is 6.54. The summed E-state index contributed by atoms with van der Waals surface area (Å²) in [5.74, 6) is -0.205. The van der Waals surface area contributed by atoms with Crippen molar-refractivity contribution in [2.45, 2.75) is 31.7 Å². The van der Waals surface area contributed by atoms with Crippen LogP contribution in [-0.2, 0) is 14.3 Å². The zero-order valence-corrected chi connectivity index (χ0v) is 11.9. The molecule has 1 rings (SSSR count). The van der Waals surface area contributed by atoms with Crippen LogP contribution in [0.15, 0.2) is 0 Å². The molecule has 0 aromatic rings. The highest BCUT2D eigenvalue weighted by atomic mass is 16.5. The molecule has 1 amide bonds. The molecule has 19 heavy (non-hydrogen) atoms. The van der Waals surface area contributed by atoms with E-state index in [2.05, 4.69) is 20.3 Å². The summed E-state index contributed by atoms with van der Waals surface area (Å²) < 4.78 is 4.54. The molecule has 0 aliphatic carbocycles. The van der Waals surface area contributed by atoms with Crippen LogP contribution in [-0.4, -0.2) is 63.2 Å². The molecule has 6 heteroatoms. The van der Waals surface area contributed by atoms with Gasteiger partial charge >= 0.3 is 5.97 Å². The van der Waals surface area contributed by atoms with Crippen LogP contribution in [0.5, 0.6) is 0 Å². The number of ether oxygens (including phenoxy) is 1. The van der Waals surface area contributed by atoms with E-state index in [4.69, 9.17) is 0 Å². The molecule has 6 nitrogen and oxygen atoms in total.